The number of anilines is 3. The summed E-state index contributed by atoms with van der Waals surface area (Å²) < 4.78 is 5.17. The van der Waals surface area contributed by atoms with Crippen molar-refractivity contribution in [3.05, 3.63) is 36.2 Å². The van der Waals surface area contributed by atoms with E-state index in [1.807, 2.05) is 24.3 Å². The second-order valence-corrected chi connectivity index (χ2v) is 5.02. The fourth-order valence-corrected chi connectivity index (χ4v) is 2.16. The van der Waals surface area contributed by atoms with E-state index in [4.69, 9.17) is 4.74 Å². The van der Waals surface area contributed by atoms with E-state index in [9.17, 15) is 0 Å². The molecule has 5 heteroatoms. The van der Waals surface area contributed by atoms with Gasteiger partial charge in [-0.25, -0.2) is 9.97 Å². The summed E-state index contributed by atoms with van der Waals surface area (Å²) in [6.07, 6.45) is 1.58. The molecule has 0 amide bonds. The first kappa shape index (κ1) is 15.1. The number of hydrogen-bond donors (Lipinski definition) is 2. The van der Waals surface area contributed by atoms with Crippen molar-refractivity contribution in [2.75, 3.05) is 24.3 Å². The van der Waals surface area contributed by atoms with E-state index in [2.05, 4.69) is 41.4 Å². The molecular weight excluding hydrogens is 264 g/mol. The molecule has 2 rings (SSSR count). The van der Waals surface area contributed by atoms with Crippen LogP contribution in [0.15, 0.2) is 30.6 Å². The normalized spacial score (nSPS) is 10.5. The standard InChI is InChI=1S/C16H22N4O/c1-5-17-15-14(11(2)3)16(19-10-18-15)20-12-6-8-13(21-4)9-7-12/h6-11H,5H2,1-4H3,(H2,17,18,19,20). The van der Waals surface area contributed by atoms with Crippen molar-refractivity contribution in [2.24, 2.45) is 0 Å². The van der Waals surface area contributed by atoms with Gasteiger partial charge in [0.1, 0.15) is 23.7 Å². The zero-order valence-corrected chi connectivity index (χ0v) is 13.0. The fraction of sp³-hybridized carbons (Fsp3) is 0.375. The molecule has 0 aliphatic rings. The summed E-state index contributed by atoms with van der Waals surface area (Å²) >= 11 is 0. The summed E-state index contributed by atoms with van der Waals surface area (Å²) in [6.45, 7) is 7.17. The van der Waals surface area contributed by atoms with Gasteiger partial charge >= 0.3 is 0 Å². The molecule has 1 heterocycles. The van der Waals surface area contributed by atoms with Crippen LogP contribution in [0.5, 0.6) is 5.75 Å². The Bertz CT molecular complexity index is 581. The second kappa shape index (κ2) is 6.92. The third kappa shape index (κ3) is 3.62. The molecule has 0 unspecified atom stereocenters. The Balaban J connectivity index is 2.31. The number of ether oxygens (including phenoxy) is 1. The van der Waals surface area contributed by atoms with Crippen LogP contribution >= 0.6 is 0 Å². The van der Waals surface area contributed by atoms with Crippen molar-refractivity contribution in [3.8, 4) is 5.75 Å². The Morgan fingerprint density at radius 2 is 1.76 bits per heavy atom. The SMILES string of the molecule is CCNc1ncnc(Nc2ccc(OC)cc2)c1C(C)C. The molecule has 0 fully saturated rings. The van der Waals surface area contributed by atoms with Gasteiger partial charge in [-0.15, -0.1) is 0 Å². The molecule has 0 bridgehead atoms. The van der Waals surface area contributed by atoms with Gasteiger partial charge in [-0.3, -0.25) is 0 Å². The zero-order valence-electron chi connectivity index (χ0n) is 13.0. The van der Waals surface area contributed by atoms with Crippen LogP contribution in [0.1, 0.15) is 32.3 Å². The molecule has 1 aromatic heterocycles. The minimum absolute atomic E-state index is 0.320. The van der Waals surface area contributed by atoms with E-state index in [1.54, 1.807) is 13.4 Å². The molecule has 0 saturated carbocycles. The molecular formula is C16H22N4O. The van der Waals surface area contributed by atoms with Crippen LogP contribution in [-0.4, -0.2) is 23.6 Å². The lowest BCUT2D eigenvalue weighted by Crippen LogP contribution is -2.09. The molecule has 0 atom stereocenters. The maximum Gasteiger partial charge on any atom is 0.139 e. The minimum atomic E-state index is 0.320. The van der Waals surface area contributed by atoms with Crippen molar-refractivity contribution in [1.29, 1.82) is 0 Å². The van der Waals surface area contributed by atoms with Gasteiger partial charge in [-0.1, -0.05) is 13.8 Å². The van der Waals surface area contributed by atoms with Crippen molar-refractivity contribution < 1.29 is 4.74 Å². The Hall–Kier alpha value is -2.30. The van der Waals surface area contributed by atoms with Crippen molar-refractivity contribution >= 4 is 17.3 Å². The van der Waals surface area contributed by atoms with Crippen LogP contribution in [0.4, 0.5) is 17.3 Å². The highest BCUT2D eigenvalue weighted by Crippen LogP contribution is 2.30. The maximum atomic E-state index is 5.17. The fourth-order valence-electron chi connectivity index (χ4n) is 2.16. The van der Waals surface area contributed by atoms with Gasteiger partial charge in [0, 0.05) is 17.8 Å². The van der Waals surface area contributed by atoms with Crippen molar-refractivity contribution in [1.82, 2.24) is 9.97 Å². The van der Waals surface area contributed by atoms with Gasteiger partial charge in [0.2, 0.25) is 0 Å². The van der Waals surface area contributed by atoms with Crippen LogP contribution in [0.25, 0.3) is 0 Å². The molecule has 0 saturated heterocycles. The lowest BCUT2D eigenvalue weighted by atomic mass is 10.0. The molecule has 5 nitrogen and oxygen atoms in total. The molecule has 21 heavy (non-hydrogen) atoms. The van der Waals surface area contributed by atoms with Crippen LogP contribution < -0.4 is 15.4 Å². The summed E-state index contributed by atoms with van der Waals surface area (Å²) in [6, 6.07) is 7.78. The van der Waals surface area contributed by atoms with Crippen molar-refractivity contribution in [2.45, 2.75) is 26.7 Å². The topological polar surface area (TPSA) is 59.1 Å². The number of hydrogen-bond acceptors (Lipinski definition) is 5. The smallest absolute Gasteiger partial charge is 0.139 e. The van der Waals surface area contributed by atoms with Crippen LogP contribution in [-0.2, 0) is 0 Å². The van der Waals surface area contributed by atoms with Gasteiger partial charge in [0.05, 0.1) is 7.11 Å². The van der Waals surface area contributed by atoms with Gasteiger partial charge < -0.3 is 15.4 Å². The van der Waals surface area contributed by atoms with Crippen LogP contribution in [0, 0.1) is 0 Å². The lowest BCUT2D eigenvalue weighted by molar-refractivity contribution is 0.415. The Labute approximate surface area is 125 Å². The summed E-state index contributed by atoms with van der Waals surface area (Å²) in [5.74, 6) is 2.88. The molecule has 0 radical (unpaired) electrons. The van der Waals surface area contributed by atoms with E-state index in [0.717, 1.165) is 35.2 Å². The third-order valence-corrected chi connectivity index (χ3v) is 3.16. The predicted octanol–water partition coefficient (Wildman–Crippen LogP) is 3.78. The first-order valence-corrected chi connectivity index (χ1v) is 7.15. The van der Waals surface area contributed by atoms with E-state index < -0.39 is 0 Å². The first-order chi connectivity index (χ1) is 10.2. The molecule has 1 aromatic carbocycles. The van der Waals surface area contributed by atoms with Gasteiger partial charge in [0.15, 0.2) is 0 Å². The average Bonchev–Trinajstić information content (AvgIpc) is 2.48. The minimum Gasteiger partial charge on any atom is -0.497 e. The summed E-state index contributed by atoms with van der Waals surface area (Å²) in [7, 11) is 1.66. The number of methoxy groups -OCH3 is 1. The Kier molecular flexibility index (Phi) is 4.98. The lowest BCUT2D eigenvalue weighted by Gasteiger charge is -2.17. The number of nitrogens with one attached hydrogen (secondary N) is 2. The van der Waals surface area contributed by atoms with Gasteiger partial charge in [0.25, 0.3) is 0 Å². The van der Waals surface area contributed by atoms with E-state index in [-0.39, 0.29) is 0 Å². The van der Waals surface area contributed by atoms with Crippen LogP contribution in [0.3, 0.4) is 0 Å². The molecule has 0 aliphatic carbocycles. The highest BCUT2D eigenvalue weighted by atomic mass is 16.5. The quantitative estimate of drug-likeness (QED) is 0.846. The molecule has 0 aliphatic heterocycles. The van der Waals surface area contributed by atoms with E-state index >= 15 is 0 Å². The monoisotopic (exact) mass is 286 g/mol. The number of nitrogens with zero attached hydrogens (tertiary/aromatic N) is 2. The highest BCUT2D eigenvalue weighted by molar-refractivity contribution is 5.66. The molecule has 112 valence electrons. The van der Waals surface area contributed by atoms with E-state index in [1.165, 1.54) is 0 Å². The molecule has 0 spiro atoms. The summed E-state index contributed by atoms with van der Waals surface area (Å²) in [5.41, 5.74) is 2.06. The summed E-state index contributed by atoms with van der Waals surface area (Å²) in [4.78, 5) is 8.72. The van der Waals surface area contributed by atoms with Gasteiger partial charge in [-0.05, 0) is 37.1 Å². The van der Waals surface area contributed by atoms with Gasteiger partial charge in [-0.2, -0.15) is 0 Å². The first-order valence-electron chi connectivity index (χ1n) is 7.15. The Morgan fingerprint density at radius 1 is 1.10 bits per heavy atom. The number of benzene rings is 1. The van der Waals surface area contributed by atoms with Crippen molar-refractivity contribution in [3.63, 3.8) is 0 Å². The van der Waals surface area contributed by atoms with Crippen LogP contribution in [0.2, 0.25) is 0 Å². The second-order valence-electron chi connectivity index (χ2n) is 5.02. The Morgan fingerprint density at radius 3 is 2.33 bits per heavy atom. The largest absolute Gasteiger partial charge is 0.497 e. The molecule has 2 N–H and O–H groups in total. The average molecular weight is 286 g/mol. The molecule has 2 aromatic rings. The maximum absolute atomic E-state index is 5.17. The number of aromatic nitrogens is 2. The predicted molar refractivity (Wildman–Crippen MR) is 86.6 cm³/mol. The highest BCUT2D eigenvalue weighted by Gasteiger charge is 2.14. The third-order valence-electron chi connectivity index (χ3n) is 3.16. The van der Waals surface area contributed by atoms with E-state index in [0.29, 0.717) is 5.92 Å². The zero-order chi connectivity index (χ0) is 15.2. The number of rotatable bonds is 6. The summed E-state index contributed by atoms with van der Waals surface area (Å²) in [5, 5.41) is 6.65.